The van der Waals surface area contributed by atoms with Gasteiger partial charge in [-0.15, -0.1) is 0 Å². The van der Waals surface area contributed by atoms with Crippen LogP contribution in [0, 0.1) is 0 Å². The molecule has 2 atom stereocenters. The molecule has 2 rings (SSSR count). The lowest BCUT2D eigenvalue weighted by molar-refractivity contribution is -0.169. The van der Waals surface area contributed by atoms with Crippen molar-refractivity contribution in [2.24, 2.45) is 0 Å². The van der Waals surface area contributed by atoms with Gasteiger partial charge in [-0.25, -0.2) is 0 Å². The van der Waals surface area contributed by atoms with Gasteiger partial charge in [0.1, 0.15) is 11.2 Å². The first-order chi connectivity index (χ1) is 9.58. The summed E-state index contributed by atoms with van der Waals surface area (Å²) in [6.07, 6.45) is 0.881. The van der Waals surface area contributed by atoms with Gasteiger partial charge in [0.15, 0.2) is 0 Å². The lowest BCUT2D eigenvalue weighted by Gasteiger charge is -2.43. The average molecular weight is 270 g/mol. The zero-order chi connectivity index (χ0) is 14.6. The largest absolute Gasteiger partial charge is 0.382 e. The summed E-state index contributed by atoms with van der Waals surface area (Å²) in [7, 11) is 0. The van der Waals surface area contributed by atoms with E-state index in [-0.39, 0.29) is 0 Å². The van der Waals surface area contributed by atoms with Gasteiger partial charge in [-0.05, 0) is 24.0 Å². The van der Waals surface area contributed by atoms with Gasteiger partial charge in [0.2, 0.25) is 0 Å². The van der Waals surface area contributed by atoms with E-state index >= 15 is 0 Å². The molecule has 0 aliphatic rings. The lowest BCUT2D eigenvalue weighted by Crippen LogP contribution is -2.48. The summed E-state index contributed by atoms with van der Waals surface area (Å²) in [4.78, 5) is 0. The van der Waals surface area contributed by atoms with Crippen LogP contribution in [0.2, 0.25) is 0 Å². The third kappa shape index (κ3) is 2.26. The summed E-state index contributed by atoms with van der Waals surface area (Å²) in [5, 5.41) is 22.4. The zero-order valence-electron chi connectivity index (χ0n) is 12.1. The van der Waals surface area contributed by atoms with Crippen LogP contribution in [0.4, 0.5) is 0 Å². The fourth-order valence-electron chi connectivity index (χ4n) is 2.90. The van der Waals surface area contributed by atoms with Gasteiger partial charge >= 0.3 is 0 Å². The number of rotatable bonds is 5. The minimum absolute atomic E-state index is 0.441. The van der Waals surface area contributed by atoms with E-state index in [1.807, 2.05) is 74.5 Å². The van der Waals surface area contributed by atoms with E-state index < -0.39 is 11.2 Å². The Hall–Kier alpha value is -1.64. The van der Waals surface area contributed by atoms with E-state index in [9.17, 15) is 10.2 Å². The maximum Gasteiger partial charge on any atom is 0.122 e. The van der Waals surface area contributed by atoms with Crippen LogP contribution in [0.15, 0.2) is 60.7 Å². The van der Waals surface area contributed by atoms with Gasteiger partial charge in [-0.3, -0.25) is 0 Å². The first-order valence-electron chi connectivity index (χ1n) is 7.14. The molecule has 0 aliphatic carbocycles. The highest BCUT2D eigenvalue weighted by atomic mass is 16.4. The molecule has 0 unspecified atom stereocenters. The molecule has 2 heteroatoms. The monoisotopic (exact) mass is 270 g/mol. The maximum atomic E-state index is 11.2. The standard InChI is InChI=1S/C18H22O2/c1-3-17(19,15-11-7-5-8-12-15)18(20,4-2)16-13-9-6-10-14-16/h5-14,19-20H,3-4H2,1-2H3/t17-,18-/m1/s1. The van der Waals surface area contributed by atoms with Gasteiger partial charge < -0.3 is 10.2 Å². The van der Waals surface area contributed by atoms with Crippen molar-refractivity contribution in [3.8, 4) is 0 Å². The molecule has 2 N–H and O–H groups in total. The van der Waals surface area contributed by atoms with Gasteiger partial charge in [0.25, 0.3) is 0 Å². The van der Waals surface area contributed by atoms with Crippen LogP contribution in [-0.2, 0) is 11.2 Å². The first kappa shape index (κ1) is 14.8. The minimum Gasteiger partial charge on any atom is -0.382 e. The second-order valence-electron chi connectivity index (χ2n) is 5.16. The van der Waals surface area contributed by atoms with Crippen LogP contribution in [0.25, 0.3) is 0 Å². The van der Waals surface area contributed by atoms with Gasteiger partial charge in [-0.1, -0.05) is 74.5 Å². The molecule has 0 spiro atoms. The van der Waals surface area contributed by atoms with Crippen LogP contribution < -0.4 is 0 Å². The van der Waals surface area contributed by atoms with Gasteiger partial charge in [-0.2, -0.15) is 0 Å². The lowest BCUT2D eigenvalue weighted by atomic mass is 9.70. The fourth-order valence-corrected chi connectivity index (χ4v) is 2.90. The Balaban J connectivity index is 2.58. The summed E-state index contributed by atoms with van der Waals surface area (Å²) >= 11 is 0. The van der Waals surface area contributed by atoms with Crippen LogP contribution in [0.1, 0.15) is 37.8 Å². The number of benzene rings is 2. The quantitative estimate of drug-likeness (QED) is 0.871. The van der Waals surface area contributed by atoms with Crippen molar-refractivity contribution < 1.29 is 10.2 Å². The third-order valence-corrected chi connectivity index (χ3v) is 4.21. The Kier molecular flexibility index (Phi) is 4.26. The van der Waals surface area contributed by atoms with E-state index in [0.29, 0.717) is 12.8 Å². The summed E-state index contributed by atoms with van der Waals surface area (Å²) < 4.78 is 0. The van der Waals surface area contributed by atoms with E-state index in [4.69, 9.17) is 0 Å². The molecule has 2 nitrogen and oxygen atoms in total. The number of hydrogen-bond donors (Lipinski definition) is 2. The highest BCUT2D eigenvalue weighted by molar-refractivity contribution is 5.33. The van der Waals surface area contributed by atoms with Crippen molar-refractivity contribution in [3.05, 3.63) is 71.8 Å². The Morgan fingerprint density at radius 2 is 0.950 bits per heavy atom. The van der Waals surface area contributed by atoms with Crippen molar-refractivity contribution in [2.75, 3.05) is 0 Å². The molecule has 0 saturated heterocycles. The van der Waals surface area contributed by atoms with E-state index in [0.717, 1.165) is 11.1 Å². The summed E-state index contributed by atoms with van der Waals surface area (Å²) in [6.45, 7) is 3.80. The molecule has 0 aliphatic heterocycles. The molecule has 0 saturated carbocycles. The SMILES string of the molecule is CC[C@@](O)(c1ccccc1)[C@@](O)(CC)c1ccccc1. The maximum absolute atomic E-state index is 11.2. The highest BCUT2D eigenvalue weighted by Gasteiger charge is 2.49. The minimum atomic E-state index is -1.30. The summed E-state index contributed by atoms with van der Waals surface area (Å²) in [6, 6.07) is 18.8. The molecule has 2 aromatic rings. The molecular weight excluding hydrogens is 248 g/mol. The summed E-state index contributed by atoms with van der Waals surface area (Å²) in [5.74, 6) is 0. The van der Waals surface area contributed by atoms with Crippen molar-refractivity contribution in [1.29, 1.82) is 0 Å². The van der Waals surface area contributed by atoms with Crippen LogP contribution in [0.3, 0.4) is 0 Å². The first-order valence-corrected chi connectivity index (χ1v) is 7.14. The Bertz CT molecular complexity index is 486. The molecule has 0 bridgehead atoms. The molecule has 2 aromatic carbocycles. The zero-order valence-corrected chi connectivity index (χ0v) is 12.1. The summed E-state index contributed by atoms with van der Waals surface area (Å²) in [5.41, 5.74) is -1.11. The Morgan fingerprint density at radius 3 is 1.20 bits per heavy atom. The number of hydrogen-bond acceptors (Lipinski definition) is 2. The molecular formula is C18H22O2. The van der Waals surface area contributed by atoms with Gasteiger partial charge in [0, 0.05) is 0 Å². The van der Waals surface area contributed by atoms with Crippen LogP contribution >= 0.6 is 0 Å². The molecule has 0 aromatic heterocycles. The molecule has 0 fully saturated rings. The molecule has 0 radical (unpaired) electrons. The Morgan fingerprint density at radius 1 is 0.650 bits per heavy atom. The smallest absolute Gasteiger partial charge is 0.122 e. The molecule has 0 heterocycles. The third-order valence-electron chi connectivity index (χ3n) is 4.21. The molecule has 0 amide bonds. The van der Waals surface area contributed by atoms with Gasteiger partial charge in [0.05, 0.1) is 0 Å². The van der Waals surface area contributed by atoms with Crippen molar-refractivity contribution in [1.82, 2.24) is 0 Å². The van der Waals surface area contributed by atoms with Crippen molar-refractivity contribution in [3.63, 3.8) is 0 Å². The van der Waals surface area contributed by atoms with Crippen LogP contribution in [0.5, 0.6) is 0 Å². The fraction of sp³-hybridized carbons (Fsp3) is 0.333. The predicted octanol–water partition coefficient (Wildman–Crippen LogP) is 3.58. The average Bonchev–Trinajstić information content (AvgIpc) is 2.54. The topological polar surface area (TPSA) is 40.5 Å². The molecule has 20 heavy (non-hydrogen) atoms. The normalized spacial score (nSPS) is 17.2. The second kappa shape index (κ2) is 5.78. The van der Waals surface area contributed by atoms with Crippen LogP contribution in [-0.4, -0.2) is 10.2 Å². The highest BCUT2D eigenvalue weighted by Crippen LogP contribution is 2.45. The van der Waals surface area contributed by atoms with Crippen molar-refractivity contribution in [2.45, 2.75) is 37.9 Å². The second-order valence-corrected chi connectivity index (χ2v) is 5.16. The van der Waals surface area contributed by atoms with E-state index in [1.165, 1.54) is 0 Å². The molecule has 106 valence electrons. The van der Waals surface area contributed by atoms with E-state index in [2.05, 4.69) is 0 Å². The number of aliphatic hydroxyl groups is 2. The Labute approximate surface area is 120 Å². The van der Waals surface area contributed by atoms with E-state index in [1.54, 1.807) is 0 Å². The van der Waals surface area contributed by atoms with Crippen molar-refractivity contribution >= 4 is 0 Å². The predicted molar refractivity (Wildman–Crippen MR) is 81.3 cm³/mol.